The lowest BCUT2D eigenvalue weighted by Crippen LogP contribution is -1.77. The Labute approximate surface area is 62.4 Å². The predicted octanol–water partition coefficient (Wildman–Crippen LogP) is 1.93. The average Bonchev–Trinajstić information content (AvgIpc) is 1.87. The topological polar surface area (TPSA) is 24.7 Å². The Morgan fingerprint density at radius 1 is 1.30 bits per heavy atom. The van der Waals surface area contributed by atoms with E-state index in [0.717, 1.165) is 0 Å². The third-order valence-electron chi connectivity index (χ3n) is 0.850. The first-order valence-electron chi connectivity index (χ1n) is 3.38. The number of hydrogen-bond donors (Lipinski definition) is 0. The maximum atomic E-state index is 3.86. The van der Waals surface area contributed by atoms with E-state index in [1.807, 2.05) is 6.08 Å². The van der Waals surface area contributed by atoms with Gasteiger partial charge < -0.3 is 0 Å². The van der Waals surface area contributed by atoms with Crippen LogP contribution in [0.3, 0.4) is 0 Å². The number of allylic oxidation sites excluding steroid dienone is 2. The molecule has 0 saturated heterocycles. The van der Waals surface area contributed by atoms with Gasteiger partial charge in [0.05, 0.1) is 0 Å². The molecule has 0 radical (unpaired) electrons. The van der Waals surface area contributed by atoms with Crippen molar-refractivity contribution in [3.63, 3.8) is 0 Å². The molecule has 0 aromatic heterocycles. The highest BCUT2D eigenvalue weighted by molar-refractivity contribution is 5.79. The fourth-order valence-electron chi connectivity index (χ4n) is 0.427. The minimum absolute atomic E-state index is 0.588. The molecule has 0 saturated carbocycles. The minimum Gasteiger partial charge on any atom is -0.277 e. The van der Waals surface area contributed by atoms with Crippen LogP contribution in [0.25, 0.3) is 0 Å². The second-order valence-corrected chi connectivity index (χ2v) is 2.30. The standard InChI is InChI=1S/C8H14N2/c1-8(2)5-4-6-10-7-9-3/h4-8H,1-3H3/b5-4+,9-7?,10-6?. The zero-order valence-corrected chi connectivity index (χ0v) is 6.78. The second-order valence-electron chi connectivity index (χ2n) is 2.30. The van der Waals surface area contributed by atoms with Gasteiger partial charge in [0.2, 0.25) is 0 Å². The van der Waals surface area contributed by atoms with Gasteiger partial charge in [0.25, 0.3) is 0 Å². The van der Waals surface area contributed by atoms with E-state index < -0.39 is 0 Å². The predicted molar refractivity (Wildman–Crippen MR) is 46.9 cm³/mol. The minimum atomic E-state index is 0.588. The normalized spacial score (nSPS) is 13.2. The summed E-state index contributed by atoms with van der Waals surface area (Å²) < 4.78 is 0. The molecule has 0 unspecified atom stereocenters. The molecule has 0 aliphatic carbocycles. The van der Waals surface area contributed by atoms with Gasteiger partial charge in [0.15, 0.2) is 0 Å². The zero-order chi connectivity index (χ0) is 7.82. The van der Waals surface area contributed by atoms with Crippen LogP contribution in [-0.2, 0) is 0 Å². The van der Waals surface area contributed by atoms with Crippen molar-refractivity contribution >= 4 is 12.6 Å². The van der Waals surface area contributed by atoms with Gasteiger partial charge in [0.1, 0.15) is 6.34 Å². The van der Waals surface area contributed by atoms with Crippen LogP contribution in [0.15, 0.2) is 22.1 Å². The fourth-order valence-corrected chi connectivity index (χ4v) is 0.427. The molecule has 0 aliphatic rings. The lowest BCUT2D eigenvalue weighted by molar-refractivity contribution is 0.833. The van der Waals surface area contributed by atoms with E-state index in [-0.39, 0.29) is 0 Å². The maximum absolute atomic E-state index is 3.86. The largest absolute Gasteiger partial charge is 0.277 e. The van der Waals surface area contributed by atoms with E-state index in [2.05, 4.69) is 29.9 Å². The quantitative estimate of drug-likeness (QED) is 0.420. The smallest absolute Gasteiger partial charge is 0.109 e. The van der Waals surface area contributed by atoms with Crippen LogP contribution in [0.1, 0.15) is 13.8 Å². The van der Waals surface area contributed by atoms with E-state index in [0.29, 0.717) is 5.92 Å². The summed E-state index contributed by atoms with van der Waals surface area (Å²) in [5.74, 6) is 0.588. The van der Waals surface area contributed by atoms with Gasteiger partial charge in [-0.15, -0.1) is 0 Å². The first-order valence-corrected chi connectivity index (χ1v) is 3.38. The molecule has 0 fully saturated rings. The summed E-state index contributed by atoms with van der Waals surface area (Å²) in [6, 6.07) is 0. The Morgan fingerprint density at radius 3 is 2.50 bits per heavy atom. The van der Waals surface area contributed by atoms with Gasteiger partial charge in [-0.2, -0.15) is 0 Å². The van der Waals surface area contributed by atoms with Gasteiger partial charge in [0, 0.05) is 13.3 Å². The Hall–Kier alpha value is -0.920. The van der Waals surface area contributed by atoms with Gasteiger partial charge in [-0.3, -0.25) is 4.99 Å². The van der Waals surface area contributed by atoms with Crippen molar-refractivity contribution in [2.75, 3.05) is 7.05 Å². The van der Waals surface area contributed by atoms with Crippen LogP contribution in [0, 0.1) is 5.92 Å². The first kappa shape index (κ1) is 9.08. The van der Waals surface area contributed by atoms with Crippen LogP contribution >= 0.6 is 0 Å². The van der Waals surface area contributed by atoms with Gasteiger partial charge in [-0.25, -0.2) is 4.99 Å². The first-order chi connectivity index (χ1) is 4.77. The summed E-state index contributed by atoms with van der Waals surface area (Å²) in [6.45, 7) is 4.25. The summed E-state index contributed by atoms with van der Waals surface area (Å²) in [5.41, 5.74) is 0. The van der Waals surface area contributed by atoms with Gasteiger partial charge >= 0.3 is 0 Å². The van der Waals surface area contributed by atoms with E-state index >= 15 is 0 Å². The van der Waals surface area contributed by atoms with Crippen molar-refractivity contribution < 1.29 is 0 Å². The van der Waals surface area contributed by atoms with Crippen molar-refractivity contribution in [2.24, 2.45) is 15.9 Å². The molecule has 2 nitrogen and oxygen atoms in total. The lowest BCUT2D eigenvalue weighted by Gasteiger charge is -1.87. The van der Waals surface area contributed by atoms with Crippen LogP contribution < -0.4 is 0 Å². The van der Waals surface area contributed by atoms with Crippen molar-refractivity contribution in [2.45, 2.75) is 13.8 Å². The fraction of sp³-hybridized carbons (Fsp3) is 0.500. The van der Waals surface area contributed by atoms with Crippen molar-refractivity contribution in [3.8, 4) is 0 Å². The van der Waals surface area contributed by atoms with Crippen LogP contribution in [-0.4, -0.2) is 19.6 Å². The van der Waals surface area contributed by atoms with E-state index in [4.69, 9.17) is 0 Å². The molecule has 0 heterocycles. The van der Waals surface area contributed by atoms with E-state index in [9.17, 15) is 0 Å². The highest BCUT2D eigenvalue weighted by Gasteiger charge is 1.78. The molecule has 0 bridgehead atoms. The Bertz CT molecular complexity index is 143. The number of hydrogen-bond acceptors (Lipinski definition) is 1. The molecule has 0 aliphatic heterocycles. The second kappa shape index (κ2) is 6.20. The molecule has 0 N–H and O–H groups in total. The molecule has 0 amide bonds. The third kappa shape index (κ3) is 7.08. The molecular weight excluding hydrogens is 124 g/mol. The summed E-state index contributed by atoms with van der Waals surface area (Å²) >= 11 is 0. The molecule has 2 heteroatoms. The van der Waals surface area contributed by atoms with Crippen LogP contribution in [0.4, 0.5) is 0 Å². The van der Waals surface area contributed by atoms with E-state index in [1.54, 1.807) is 13.3 Å². The summed E-state index contributed by atoms with van der Waals surface area (Å²) in [7, 11) is 1.70. The molecule has 0 aromatic rings. The maximum Gasteiger partial charge on any atom is 0.109 e. The van der Waals surface area contributed by atoms with Crippen LogP contribution in [0.2, 0.25) is 0 Å². The van der Waals surface area contributed by atoms with Crippen molar-refractivity contribution in [1.82, 2.24) is 0 Å². The molecule has 56 valence electrons. The molecule has 0 spiro atoms. The zero-order valence-electron chi connectivity index (χ0n) is 6.78. The number of aliphatic imine (C=N–C) groups is 2. The summed E-state index contributed by atoms with van der Waals surface area (Å²) in [5, 5.41) is 0. The third-order valence-corrected chi connectivity index (χ3v) is 0.850. The lowest BCUT2D eigenvalue weighted by atomic mass is 10.2. The molecular formula is C8H14N2. The Balaban J connectivity index is 3.51. The SMILES string of the molecule is CN=CN=C/C=C/C(C)C. The molecule has 0 aromatic carbocycles. The molecule has 0 rings (SSSR count). The highest BCUT2D eigenvalue weighted by atomic mass is 14.8. The van der Waals surface area contributed by atoms with Crippen molar-refractivity contribution in [1.29, 1.82) is 0 Å². The number of nitrogens with zero attached hydrogens (tertiary/aromatic N) is 2. The number of rotatable bonds is 3. The monoisotopic (exact) mass is 138 g/mol. The summed E-state index contributed by atoms with van der Waals surface area (Å²) in [4.78, 5) is 7.55. The van der Waals surface area contributed by atoms with E-state index in [1.165, 1.54) is 6.34 Å². The average molecular weight is 138 g/mol. The summed E-state index contributed by atoms with van der Waals surface area (Å²) in [6.07, 6.45) is 7.25. The Morgan fingerprint density at radius 2 is 2.00 bits per heavy atom. The van der Waals surface area contributed by atoms with Gasteiger partial charge in [-0.05, 0) is 12.0 Å². The van der Waals surface area contributed by atoms with Gasteiger partial charge in [-0.1, -0.05) is 19.9 Å². The van der Waals surface area contributed by atoms with Crippen LogP contribution in [0.5, 0.6) is 0 Å². The Kier molecular flexibility index (Phi) is 5.63. The molecule has 10 heavy (non-hydrogen) atoms. The van der Waals surface area contributed by atoms with Crippen molar-refractivity contribution in [3.05, 3.63) is 12.2 Å². The highest BCUT2D eigenvalue weighted by Crippen LogP contribution is 1.90. The molecule has 0 atom stereocenters.